The van der Waals surface area contributed by atoms with E-state index in [9.17, 15) is 13.2 Å². The van der Waals surface area contributed by atoms with Crippen LogP contribution in [0, 0.1) is 28.6 Å². The third-order valence-electron chi connectivity index (χ3n) is 11.7. The zero-order valence-corrected chi connectivity index (χ0v) is 44.8. The van der Waals surface area contributed by atoms with Gasteiger partial charge in [-0.05, 0) is 81.4 Å². The number of carbonyl (C=O) groups is 1. The summed E-state index contributed by atoms with van der Waals surface area (Å²) in [5, 5.41) is 0. The molecule has 0 spiro atoms. The summed E-state index contributed by atoms with van der Waals surface area (Å²) >= 11 is 0. The maximum absolute atomic E-state index is 12.7. The van der Waals surface area contributed by atoms with Crippen LogP contribution in [0.2, 0.25) is 0 Å². The molecular formula is C65H80O3S. The van der Waals surface area contributed by atoms with Crippen molar-refractivity contribution < 1.29 is 13.2 Å². The van der Waals surface area contributed by atoms with Crippen molar-refractivity contribution in [2.24, 2.45) is 21.7 Å². The monoisotopic (exact) mass is 941 g/mol. The van der Waals surface area contributed by atoms with E-state index in [1.807, 2.05) is 78.9 Å². The summed E-state index contributed by atoms with van der Waals surface area (Å²) in [5.74, 6) is 0.626. The van der Waals surface area contributed by atoms with Crippen LogP contribution in [-0.4, -0.2) is 20.0 Å². The van der Waals surface area contributed by atoms with E-state index in [1.165, 1.54) is 27.8 Å². The molecule has 0 fully saturated rings. The van der Waals surface area contributed by atoms with Crippen molar-refractivity contribution in [3.8, 4) is 0 Å². The number of rotatable bonds is 10. The van der Waals surface area contributed by atoms with Crippen LogP contribution in [0.5, 0.6) is 0 Å². The van der Waals surface area contributed by atoms with E-state index in [0.717, 1.165) is 29.5 Å². The summed E-state index contributed by atoms with van der Waals surface area (Å²) in [6.07, 6.45) is 2.18. The van der Waals surface area contributed by atoms with Crippen molar-refractivity contribution in [1.82, 2.24) is 0 Å². The first-order valence-electron chi connectivity index (χ1n) is 24.5. The predicted molar refractivity (Wildman–Crippen MR) is 295 cm³/mol. The van der Waals surface area contributed by atoms with Gasteiger partial charge in [-0.15, -0.1) is 0 Å². The molecule has 0 N–H and O–H groups in total. The van der Waals surface area contributed by atoms with E-state index < -0.39 is 9.84 Å². The average Bonchev–Trinajstić information content (AvgIpc) is 3.30. The Labute approximate surface area is 418 Å². The van der Waals surface area contributed by atoms with Crippen molar-refractivity contribution in [2.75, 3.05) is 5.75 Å². The molecule has 0 bridgehead atoms. The smallest absolute Gasteiger partial charge is 0.193 e. The van der Waals surface area contributed by atoms with Crippen LogP contribution in [-0.2, 0) is 22.7 Å². The van der Waals surface area contributed by atoms with E-state index in [2.05, 4.69) is 187 Å². The Hall–Kier alpha value is -5.84. The van der Waals surface area contributed by atoms with Gasteiger partial charge in [-0.1, -0.05) is 277 Å². The molecule has 7 aromatic rings. The van der Waals surface area contributed by atoms with Gasteiger partial charge in [-0.3, -0.25) is 4.79 Å². The molecule has 364 valence electrons. The number of hydrogen-bond donors (Lipinski definition) is 0. The molecule has 7 aromatic carbocycles. The van der Waals surface area contributed by atoms with Gasteiger partial charge in [0.25, 0.3) is 0 Å². The van der Waals surface area contributed by atoms with Crippen molar-refractivity contribution in [2.45, 2.75) is 120 Å². The Balaban J connectivity index is 0.000000204. The number of hydrogen-bond acceptors (Lipinski definition) is 3. The van der Waals surface area contributed by atoms with Gasteiger partial charge < -0.3 is 0 Å². The van der Waals surface area contributed by atoms with Crippen LogP contribution in [0.25, 0.3) is 0 Å². The van der Waals surface area contributed by atoms with Gasteiger partial charge in [0.2, 0.25) is 0 Å². The standard InChI is InChI=1S/C18H22O2S.C18H20O.C17H20.C12H18/c1-18(2,3)17(15-10-6-4-7-11-15)14-21(19,20)16-12-8-5-9-13-16;1-18(2,3)13-14-9-11-16(12-10-14)17(19)15-7-5-4-6-8-15;1-17(2,3)16(14-10-6-4-7-11-14)15-12-8-5-9-13-15;1-10-5-7-11(8-6-10)9-12(2,3)4/h4-13,17H,14H2,1-3H3;4-12H,13H2,1-3H3;4-13,16H,1-3H3;5-8H,9H2,1-4H3. The minimum Gasteiger partial charge on any atom is -0.289 e. The fourth-order valence-corrected chi connectivity index (χ4v) is 10.3. The normalized spacial score (nSPS) is 12.3. The van der Waals surface area contributed by atoms with Crippen molar-refractivity contribution in [1.29, 1.82) is 0 Å². The van der Waals surface area contributed by atoms with Crippen molar-refractivity contribution in [3.63, 3.8) is 0 Å². The quantitative estimate of drug-likeness (QED) is 0.128. The lowest BCUT2D eigenvalue weighted by molar-refractivity contribution is 0.103. The fourth-order valence-electron chi connectivity index (χ4n) is 8.42. The van der Waals surface area contributed by atoms with Crippen LogP contribution >= 0.6 is 0 Å². The summed E-state index contributed by atoms with van der Waals surface area (Å²) in [7, 11) is -3.29. The molecule has 0 saturated carbocycles. The van der Waals surface area contributed by atoms with Gasteiger partial charge in [0, 0.05) is 23.0 Å². The molecule has 0 saturated heterocycles. The maximum atomic E-state index is 12.7. The van der Waals surface area contributed by atoms with Crippen LogP contribution in [0.1, 0.15) is 144 Å². The third-order valence-corrected chi connectivity index (χ3v) is 13.5. The predicted octanol–water partition coefficient (Wildman–Crippen LogP) is 17.2. The minimum absolute atomic E-state index is 0.0380. The molecule has 69 heavy (non-hydrogen) atoms. The zero-order chi connectivity index (χ0) is 50.9. The second-order valence-electron chi connectivity index (χ2n) is 22.9. The van der Waals surface area contributed by atoms with E-state index in [1.54, 1.807) is 24.3 Å². The highest BCUT2D eigenvalue weighted by Gasteiger charge is 2.32. The number of aryl methyl sites for hydroxylation is 1. The number of sulfone groups is 1. The molecule has 0 heterocycles. The number of carbonyl (C=O) groups excluding carboxylic acids is 1. The summed E-state index contributed by atoms with van der Waals surface area (Å²) in [5.41, 5.74) is 10.2. The zero-order valence-electron chi connectivity index (χ0n) is 44.0. The minimum atomic E-state index is -3.29. The van der Waals surface area contributed by atoms with Gasteiger partial charge in [-0.25, -0.2) is 8.42 Å². The molecule has 1 atom stereocenters. The van der Waals surface area contributed by atoms with E-state index in [-0.39, 0.29) is 33.7 Å². The summed E-state index contributed by atoms with van der Waals surface area (Å²) < 4.78 is 25.3. The van der Waals surface area contributed by atoms with Gasteiger partial charge >= 0.3 is 0 Å². The Morgan fingerprint density at radius 3 is 1.10 bits per heavy atom. The van der Waals surface area contributed by atoms with E-state index in [0.29, 0.717) is 16.2 Å². The molecule has 0 aliphatic heterocycles. The van der Waals surface area contributed by atoms with Crippen LogP contribution < -0.4 is 0 Å². The van der Waals surface area contributed by atoms with Crippen molar-refractivity contribution >= 4 is 15.6 Å². The Bertz CT molecular complexity index is 2610. The van der Waals surface area contributed by atoms with E-state index in [4.69, 9.17) is 0 Å². The lowest BCUT2D eigenvalue weighted by atomic mass is 9.73. The molecule has 0 radical (unpaired) electrons. The van der Waals surface area contributed by atoms with Gasteiger partial charge in [-0.2, -0.15) is 0 Å². The van der Waals surface area contributed by atoms with Crippen LogP contribution in [0.15, 0.2) is 205 Å². The Kier molecular flexibility index (Phi) is 20.3. The van der Waals surface area contributed by atoms with E-state index >= 15 is 0 Å². The summed E-state index contributed by atoms with van der Waals surface area (Å²) in [6, 6.07) is 66.3. The highest BCUT2D eigenvalue weighted by Crippen LogP contribution is 2.40. The molecule has 4 heteroatoms. The topological polar surface area (TPSA) is 51.2 Å². The molecule has 7 rings (SSSR count). The molecule has 1 unspecified atom stereocenters. The van der Waals surface area contributed by atoms with Crippen LogP contribution in [0.3, 0.4) is 0 Å². The molecule has 0 aliphatic carbocycles. The van der Waals surface area contributed by atoms with Gasteiger partial charge in [0.05, 0.1) is 10.6 Å². The maximum Gasteiger partial charge on any atom is 0.193 e. The van der Waals surface area contributed by atoms with Gasteiger partial charge in [0.1, 0.15) is 0 Å². The van der Waals surface area contributed by atoms with Crippen molar-refractivity contribution in [3.05, 3.63) is 245 Å². The highest BCUT2D eigenvalue weighted by molar-refractivity contribution is 7.91. The number of benzene rings is 7. The summed E-state index contributed by atoms with van der Waals surface area (Å²) in [6.45, 7) is 28.8. The molecule has 0 amide bonds. The summed E-state index contributed by atoms with van der Waals surface area (Å²) in [4.78, 5) is 12.6. The largest absolute Gasteiger partial charge is 0.289 e. The fraction of sp³-hybridized carbons (Fsp3) is 0.338. The molecule has 3 nitrogen and oxygen atoms in total. The molecule has 0 aliphatic rings. The average molecular weight is 941 g/mol. The first-order valence-corrected chi connectivity index (χ1v) is 26.1. The third kappa shape index (κ3) is 19.6. The lowest BCUT2D eigenvalue weighted by Crippen LogP contribution is -2.26. The Morgan fingerprint density at radius 2 is 0.739 bits per heavy atom. The first-order chi connectivity index (χ1) is 32.3. The Morgan fingerprint density at radius 1 is 0.406 bits per heavy atom. The van der Waals surface area contributed by atoms with Crippen LogP contribution in [0.4, 0.5) is 0 Å². The second kappa shape index (κ2) is 25.1. The second-order valence-corrected chi connectivity index (χ2v) is 24.9. The first kappa shape index (κ1) is 55.8. The van der Waals surface area contributed by atoms with Gasteiger partial charge in [0.15, 0.2) is 15.6 Å². The SMILES string of the molecule is CC(C)(C)C(CS(=O)(=O)c1ccccc1)c1ccccc1.CC(C)(C)C(c1ccccc1)c1ccccc1.CC(C)(C)Cc1ccc(C(=O)c2ccccc2)cc1.Cc1ccc(CC(C)(C)C)cc1. The molecular weight excluding hydrogens is 861 g/mol. The number of ketones is 1. The molecule has 0 aromatic heterocycles. The lowest BCUT2D eigenvalue weighted by Gasteiger charge is -2.31. The highest BCUT2D eigenvalue weighted by atomic mass is 32.2.